The maximum atomic E-state index is 12.3. The number of amides is 2. The molecule has 0 aromatic carbocycles. The molecule has 1 saturated carbocycles. The highest BCUT2D eigenvalue weighted by molar-refractivity contribution is 7.09. The fourth-order valence-electron chi connectivity index (χ4n) is 3.18. The second-order valence-corrected chi connectivity index (χ2v) is 7.91. The van der Waals surface area contributed by atoms with Gasteiger partial charge in [0.05, 0.1) is 6.10 Å². The molecule has 0 spiro atoms. The smallest absolute Gasteiger partial charge is 0.323 e. The lowest BCUT2D eigenvalue weighted by molar-refractivity contribution is 0.163. The molecule has 116 valence electrons. The number of nitrogens with one attached hydrogen (secondary N) is 1. The summed E-state index contributed by atoms with van der Waals surface area (Å²) in [4.78, 5) is 18.5. The van der Waals surface area contributed by atoms with Crippen LogP contribution in [0.15, 0.2) is 0 Å². The number of fused-ring (bicyclic) bond motifs is 1. The van der Waals surface area contributed by atoms with Crippen molar-refractivity contribution in [1.29, 1.82) is 0 Å². The predicted molar refractivity (Wildman–Crippen MR) is 81.4 cm³/mol. The molecule has 2 heterocycles. The van der Waals surface area contributed by atoms with Gasteiger partial charge in [-0.2, -0.15) is 4.37 Å². The molecule has 7 heteroatoms. The summed E-state index contributed by atoms with van der Waals surface area (Å²) >= 11 is 1.23. The molecule has 1 aliphatic carbocycles. The lowest BCUT2D eigenvalue weighted by Gasteiger charge is -2.17. The SMILES string of the molecule is CC(C)(C)c1nsc(NC(=O)N2CC3CC(O)CC3C2)n1. The summed E-state index contributed by atoms with van der Waals surface area (Å²) in [5.74, 6) is 1.65. The molecule has 1 aromatic rings. The normalized spacial score (nSPS) is 28.8. The minimum absolute atomic E-state index is 0.101. The van der Waals surface area contributed by atoms with E-state index in [2.05, 4.69) is 14.7 Å². The molecule has 2 atom stereocenters. The van der Waals surface area contributed by atoms with Gasteiger partial charge in [-0.05, 0) is 24.7 Å². The van der Waals surface area contributed by atoms with Crippen LogP contribution in [0.5, 0.6) is 0 Å². The van der Waals surface area contributed by atoms with Gasteiger partial charge in [-0.25, -0.2) is 9.78 Å². The first-order chi connectivity index (χ1) is 9.83. The predicted octanol–water partition coefficient (Wildman–Crippen LogP) is 2.07. The van der Waals surface area contributed by atoms with Gasteiger partial charge in [0.2, 0.25) is 5.13 Å². The van der Waals surface area contributed by atoms with Crippen molar-refractivity contribution in [2.45, 2.75) is 45.1 Å². The monoisotopic (exact) mass is 310 g/mol. The van der Waals surface area contributed by atoms with E-state index in [1.807, 2.05) is 25.7 Å². The number of aliphatic hydroxyl groups is 1. The average Bonchev–Trinajstić information content (AvgIpc) is 3.01. The van der Waals surface area contributed by atoms with Crippen molar-refractivity contribution >= 4 is 22.7 Å². The Morgan fingerprint density at radius 1 is 1.33 bits per heavy atom. The largest absolute Gasteiger partial charge is 0.393 e. The number of rotatable bonds is 1. The number of likely N-dealkylation sites (tertiary alicyclic amines) is 1. The number of anilines is 1. The first-order valence-corrected chi connectivity index (χ1v) is 8.18. The van der Waals surface area contributed by atoms with E-state index in [9.17, 15) is 9.90 Å². The highest BCUT2D eigenvalue weighted by Crippen LogP contribution is 2.38. The van der Waals surface area contributed by atoms with Gasteiger partial charge in [0, 0.05) is 30.0 Å². The molecule has 2 aliphatic rings. The third-order valence-corrected chi connectivity index (χ3v) is 4.95. The molecule has 2 amide bonds. The summed E-state index contributed by atoms with van der Waals surface area (Å²) in [7, 11) is 0. The zero-order valence-corrected chi connectivity index (χ0v) is 13.5. The lowest BCUT2D eigenvalue weighted by Crippen LogP contribution is -2.34. The first-order valence-electron chi connectivity index (χ1n) is 7.41. The second kappa shape index (κ2) is 5.21. The van der Waals surface area contributed by atoms with Gasteiger partial charge >= 0.3 is 6.03 Å². The van der Waals surface area contributed by atoms with Crippen LogP contribution in [0.3, 0.4) is 0 Å². The van der Waals surface area contributed by atoms with Crippen molar-refractivity contribution in [3.8, 4) is 0 Å². The minimum Gasteiger partial charge on any atom is -0.393 e. The van der Waals surface area contributed by atoms with Crippen LogP contribution in [0.25, 0.3) is 0 Å². The molecule has 6 nitrogen and oxygen atoms in total. The van der Waals surface area contributed by atoms with Crippen molar-refractivity contribution in [3.63, 3.8) is 0 Å². The molecular formula is C14H22N4O2S. The number of carbonyl (C=O) groups is 1. The summed E-state index contributed by atoms with van der Waals surface area (Å²) < 4.78 is 4.30. The van der Waals surface area contributed by atoms with Crippen LogP contribution in [-0.4, -0.2) is 44.6 Å². The molecule has 2 fully saturated rings. The molecule has 2 unspecified atom stereocenters. The van der Waals surface area contributed by atoms with Crippen molar-refractivity contribution < 1.29 is 9.90 Å². The molecule has 1 saturated heterocycles. The van der Waals surface area contributed by atoms with Gasteiger partial charge in [0.25, 0.3) is 0 Å². The molecule has 0 bridgehead atoms. The number of aromatic nitrogens is 2. The van der Waals surface area contributed by atoms with Crippen LogP contribution >= 0.6 is 11.5 Å². The van der Waals surface area contributed by atoms with Crippen LogP contribution in [0.4, 0.5) is 9.93 Å². The third kappa shape index (κ3) is 3.03. The van der Waals surface area contributed by atoms with E-state index in [1.165, 1.54) is 11.5 Å². The highest BCUT2D eigenvalue weighted by atomic mass is 32.1. The van der Waals surface area contributed by atoms with Crippen molar-refractivity contribution in [3.05, 3.63) is 5.82 Å². The van der Waals surface area contributed by atoms with Crippen LogP contribution < -0.4 is 5.32 Å². The van der Waals surface area contributed by atoms with E-state index in [4.69, 9.17) is 0 Å². The topological polar surface area (TPSA) is 78.4 Å². The molecule has 3 rings (SSSR count). The average molecular weight is 310 g/mol. The maximum Gasteiger partial charge on any atom is 0.323 e. The second-order valence-electron chi connectivity index (χ2n) is 7.15. The maximum absolute atomic E-state index is 12.3. The zero-order valence-electron chi connectivity index (χ0n) is 12.7. The number of hydrogen-bond donors (Lipinski definition) is 2. The Kier molecular flexibility index (Phi) is 3.65. The summed E-state index contributed by atoms with van der Waals surface area (Å²) in [6, 6.07) is -0.101. The first kappa shape index (κ1) is 14.7. The third-order valence-electron chi connectivity index (χ3n) is 4.32. The van der Waals surface area contributed by atoms with Crippen LogP contribution in [0.1, 0.15) is 39.4 Å². The van der Waals surface area contributed by atoms with E-state index in [-0.39, 0.29) is 17.6 Å². The summed E-state index contributed by atoms with van der Waals surface area (Å²) in [5.41, 5.74) is -0.111. The van der Waals surface area contributed by atoms with E-state index in [0.717, 1.165) is 31.8 Å². The molecule has 2 N–H and O–H groups in total. The highest BCUT2D eigenvalue weighted by Gasteiger charge is 2.41. The lowest BCUT2D eigenvalue weighted by atomic mass is 9.96. The Hall–Kier alpha value is -1.21. The minimum atomic E-state index is -0.178. The summed E-state index contributed by atoms with van der Waals surface area (Å²) in [6.07, 6.45) is 1.46. The van der Waals surface area contributed by atoms with E-state index >= 15 is 0 Å². The quantitative estimate of drug-likeness (QED) is 0.832. The number of aliphatic hydroxyl groups excluding tert-OH is 1. The zero-order chi connectivity index (χ0) is 15.2. The van der Waals surface area contributed by atoms with Crippen molar-refractivity contribution in [1.82, 2.24) is 14.3 Å². The molecule has 0 radical (unpaired) electrons. The van der Waals surface area contributed by atoms with E-state index < -0.39 is 0 Å². The molecule has 21 heavy (non-hydrogen) atoms. The number of nitrogens with zero attached hydrogens (tertiary/aromatic N) is 3. The fraction of sp³-hybridized carbons (Fsp3) is 0.786. The summed E-state index contributed by atoms with van der Waals surface area (Å²) in [5, 5.41) is 13.0. The van der Waals surface area contributed by atoms with Gasteiger partial charge in [-0.15, -0.1) is 0 Å². The number of carbonyl (C=O) groups excluding carboxylic acids is 1. The number of hydrogen-bond acceptors (Lipinski definition) is 5. The van der Waals surface area contributed by atoms with Crippen LogP contribution in [0.2, 0.25) is 0 Å². The van der Waals surface area contributed by atoms with E-state index in [0.29, 0.717) is 17.0 Å². The molecular weight excluding hydrogens is 288 g/mol. The Morgan fingerprint density at radius 3 is 2.48 bits per heavy atom. The van der Waals surface area contributed by atoms with Gasteiger partial charge in [-0.1, -0.05) is 20.8 Å². The van der Waals surface area contributed by atoms with Gasteiger partial charge in [-0.3, -0.25) is 5.32 Å². The Balaban J connectivity index is 1.59. The van der Waals surface area contributed by atoms with Crippen molar-refractivity contribution in [2.24, 2.45) is 11.8 Å². The Labute approximate surface area is 128 Å². The van der Waals surface area contributed by atoms with Crippen LogP contribution in [0, 0.1) is 11.8 Å². The van der Waals surface area contributed by atoms with Crippen molar-refractivity contribution in [2.75, 3.05) is 18.4 Å². The van der Waals surface area contributed by atoms with E-state index in [1.54, 1.807) is 0 Å². The standard InChI is InChI=1S/C14H22N4O2S/c1-14(2,3)11-15-12(21-17-11)16-13(20)18-6-8-4-10(19)5-9(8)7-18/h8-10,19H,4-7H2,1-3H3,(H,15,16,17,20). The summed E-state index contributed by atoms with van der Waals surface area (Å²) in [6.45, 7) is 7.62. The van der Waals surface area contributed by atoms with Gasteiger partial charge in [0.1, 0.15) is 5.82 Å². The Bertz CT molecular complexity index is 525. The molecule has 1 aromatic heterocycles. The molecule has 1 aliphatic heterocycles. The van der Waals surface area contributed by atoms with Gasteiger partial charge in [0.15, 0.2) is 0 Å². The van der Waals surface area contributed by atoms with Crippen LogP contribution in [-0.2, 0) is 5.41 Å². The Morgan fingerprint density at radius 2 is 1.95 bits per heavy atom. The number of urea groups is 1. The fourth-order valence-corrected chi connectivity index (χ4v) is 3.93. The van der Waals surface area contributed by atoms with Gasteiger partial charge < -0.3 is 10.0 Å².